The summed E-state index contributed by atoms with van der Waals surface area (Å²) in [6.07, 6.45) is 7.08. The van der Waals surface area contributed by atoms with Crippen LogP contribution in [0.2, 0.25) is 0 Å². The summed E-state index contributed by atoms with van der Waals surface area (Å²) in [4.78, 5) is 87.7. The Labute approximate surface area is 480 Å². The van der Waals surface area contributed by atoms with Gasteiger partial charge in [-0.25, -0.2) is 39.5 Å². The maximum absolute atomic E-state index is 12.9. The number of aromatic nitrogens is 10. The normalized spacial score (nSPS) is 17.2. The molecular formula is C58H74N16O9. The molecule has 8 N–H and O–H groups in total. The van der Waals surface area contributed by atoms with Crippen molar-refractivity contribution >= 4 is 58.0 Å². The molecule has 25 heteroatoms. The summed E-state index contributed by atoms with van der Waals surface area (Å²) in [5.41, 5.74) is 14.4. The number of carboxylic acids is 1. The molecule has 0 spiro atoms. The number of fused-ring (bicyclic) bond motifs is 2. The van der Waals surface area contributed by atoms with E-state index in [1.165, 1.54) is 11.9 Å². The van der Waals surface area contributed by atoms with Crippen molar-refractivity contribution in [2.45, 2.75) is 119 Å². The van der Waals surface area contributed by atoms with Gasteiger partial charge in [0.15, 0.2) is 0 Å². The number of nitrogens with zero attached hydrogens (tertiary/aromatic N) is 10. The summed E-state index contributed by atoms with van der Waals surface area (Å²) < 4.78 is 21.7. The summed E-state index contributed by atoms with van der Waals surface area (Å²) in [5, 5.41) is 28.9. The van der Waals surface area contributed by atoms with Gasteiger partial charge < -0.3 is 65.1 Å². The van der Waals surface area contributed by atoms with Gasteiger partial charge in [0.2, 0.25) is 17.8 Å². The van der Waals surface area contributed by atoms with Crippen LogP contribution in [0.25, 0.3) is 67.1 Å². The van der Waals surface area contributed by atoms with Crippen molar-refractivity contribution < 1.29 is 42.8 Å². The smallest absolute Gasteiger partial charge is 0.410 e. The third kappa shape index (κ3) is 13.9. The van der Waals surface area contributed by atoms with E-state index in [1.807, 2.05) is 99.0 Å². The molecular weight excluding hydrogens is 1060 g/mol. The van der Waals surface area contributed by atoms with Gasteiger partial charge in [0, 0.05) is 92.0 Å². The molecule has 2 aliphatic rings. The fraction of sp³-hybridized carbons (Fsp3) is 0.448. The van der Waals surface area contributed by atoms with Crippen LogP contribution in [0.1, 0.15) is 88.4 Å². The lowest BCUT2D eigenvalue weighted by Gasteiger charge is -2.38. The average molecular weight is 1140 g/mol. The molecule has 10 rings (SSSR count). The summed E-state index contributed by atoms with van der Waals surface area (Å²) in [6.45, 7) is 23.2. The Kier molecular flexibility index (Phi) is 17.8. The zero-order valence-corrected chi connectivity index (χ0v) is 49.4. The number of rotatable bonds is 10. The minimum atomic E-state index is -0.965. The van der Waals surface area contributed by atoms with Crippen LogP contribution < -0.4 is 21.7 Å². The SMILES string of the molecule is CN.CNC(=O)[C@@H]1C[C@H](Nc2ncc(C)c(-c3c[nH]c4nc(-c5c(C)noc5C)ccc34)n2)CN(C(=O)OC(C)(C)C)C1.Cc1cnc(N[C@H]2C[C@@H](C(=O)O)CN(C(=O)OC(C)(C)C)C2)nc1-c1c[nH]c2nc(-c3c(C)noc3C)ccc12. The van der Waals surface area contributed by atoms with Crippen molar-refractivity contribution in [3.63, 3.8) is 0 Å². The maximum Gasteiger partial charge on any atom is 0.410 e. The highest BCUT2D eigenvalue weighted by atomic mass is 16.6. The van der Waals surface area contributed by atoms with E-state index in [1.54, 1.807) is 45.1 Å². The monoisotopic (exact) mass is 1140 g/mol. The first-order valence-electron chi connectivity index (χ1n) is 27.3. The number of hydrogen-bond acceptors (Lipinski definition) is 19. The summed E-state index contributed by atoms with van der Waals surface area (Å²) in [5.74, 6) is -0.0507. The van der Waals surface area contributed by atoms with E-state index < -0.39 is 41.2 Å². The van der Waals surface area contributed by atoms with Crippen LogP contribution in [0.3, 0.4) is 0 Å². The lowest BCUT2D eigenvalue weighted by atomic mass is 9.93. The Morgan fingerprint density at radius 1 is 0.627 bits per heavy atom. The van der Waals surface area contributed by atoms with Gasteiger partial charge in [0.05, 0.1) is 57.1 Å². The number of nitrogens with one attached hydrogen (secondary N) is 5. The van der Waals surface area contributed by atoms with E-state index in [4.69, 9.17) is 38.5 Å². The van der Waals surface area contributed by atoms with Crippen LogP contribution in [0.4, 0.5) is 21.5 Å². The quantitative estimate of drug-likeness (QED) is 0.0673. The number of amides is 3. The third-order valence-electron chi connectivity index (χ3n) is 13.9. The van der Waals surface area contributed by atoms with Crippen LogP contribution in [0.15, 0.2) is 58.1 Å². The van der Waals surface area contributed by atoms with Crippen molar-refractivity contribution in [1.29, 1.82) is 0 Å². The van der Waals surface area contributed by atoms with Crippen LogP contribution in [-0.2, 0) is 19.1 Å². The van der Waals surface area contributed by atoms with Gasteiger partial charge in [0.1, 0.15) is 34.0 Å². The molecule has 0 aromatic carbocycles. The number of hydrogen-bond donors (Lipinski definition) is 7. The number of ether oxygens (including phenoxy) is 2. The summed E-state index contributed by atoms with van der Waals surface area (Å²) >= 11 is 0. The standard InChI is InChI=1S/C29H36N8O4.C28H33N7O5.CH5N/c1-15-11-32-27(33-19-10-18(26(38)30-7)13-37(14-19)28(39)40-29(4,5)6)35-24(15)21-12-31-25-20(21)8-9-22(34-25)23-16(2)36-41-17(23)3;1-14-10-30-26(31-18-9-17(25(36)37)12-35(13-18)27(38)39-28(4,5)6)33-23(14)20-11-29-24-19(20)7-8-21(32-24)22-15(2)34-40-16(22)3;1-2/h8-9,11-12,18-19H,10,13-14H2,1-7H3,(H,30,38)(H,31,34)(H,32,33,35);7-8,10-11,17-18H,9,12-13H2,1-6H3,(H,29,32)(H,36,37)(H,30,31,33);2H2,1H3/t18-,19+;17-,18+;/m11./s1. The molecule has 8 aromatic rings. The molecule has 10 heterocycles. The molecule has 3 amide bonds. The molecule has 83 heavy (non-hydrogen) atoms. The summed E-state index contributed by atoms with van der Waals surface area (Å²) in [7, 11) is 3.10. The molecule has 0 radical (unpaired) electrons. The Bertz CT molecular complexity index is 3630. The molecule has 4 atom stereocenters. The van der Waals surface area contributed by atoms with Crippen molar-refractivity contribution in [2.75, 3.05) is 50.9 Å². The molecule has 0 saturated carbocycles. The van der Waals surface area contributed by atoms with E-state index in [0.717, 1.165) is 84.0 Å². The van der Waals surface area contributed by atoms with Gasteiger partial charge in [0.25, 0.3) is 0 Å². The van der Waals surface area contributed by atoms with Gasteiger partial charge in [-0.15, -0.1) is 0 Å². The minimum Gasteiger partial charge on any atom is -0.481 e. The number of aryl methyl sites for hydroxylation is 6. The number of carbonyl (C=O) groups is 4. The van der Waals surface area contributed by atoms with Crippen molar-refractivity contribution in [2.24, 2.45) is 17.6 Å². The number of carboxylic acid groups (broad SMARTS) is 1. The first-order chi connectivity index (χ1) is 39.3. The Morgan fingerprint density at radius 3 is 1.41 bits per heavy atom. The van der Waals surface area contributed by atoms with E-state index >= 15 is 0 Å². The number of carbonyl (C=O) groups excluding carboxylic acids is 3. The Morgan fingerprint density at radius 2 is 1.04 bits per heavy atom. The molecule has 25 nitrogen and oxygen atoms in total. The second-order valence-electron chi connectivity index (χ2n) is 22.7. The van der Waals surface area contributed by atoms with E-state index in [2.05, 4.69) is 51.9 Å². The number of likely N-dealkylation sites (tertiary alicyclic amines) is 2. The number of H-pyrrole nitrogens is 2. The van der Waals surface area contributed by atoms with Gasteiger partial charge >= 0.3 is 18.2 Å². The first kappa shape index (κ1) is 60.1. The lowest BCUT2D eigenvalue weighted by Crippen LogP contribution is -2.53. The maximum atomic E-state index is 12.9. The number of aliphatic carboxylic acids is 1. The van der Waals surface area contributed by atoms with Gasteiger partial charge in [-0.3, -0.25) is 9.59 Å². The van der Waals surface area contributed by atoms with Crippen LogP contribution in [0, 0.1) is 53.4 Å². The number of piperidine rings is 2. The highest BCUT2D eigenvalue weighted by molar-refractivity contribution is 5.96. The molecule has 8 aromatic heterocycles. The molecule has 0 unspecified atom stereocenters. The number of pyridine rings is 2. The Hall–Kier alpha value is -9.00. The largest absolute Gasteiger partial charge is 0.481 e. The second kappa shape index (κ2) is 24.6. The van der Waals surface area contributed by atoms with E-state index in [-0.39, 0.29) is 37.6 Å². The minimum absolute atomic E-state index is 0.0840. The topological polar surface area (TPSA) is 337 Å². The zero-order valence-electron chi connectivity index (χ0n) is 49.4. The van der Waals surface area contributed by atoms with Crippen molar-refractivity contribution in [1.82, 2.24) is 65.3 Å². The van der Waals surface area contributed by atoms with Crippen LogP contribution in [-0.4, -0.2) is 153 Å². The fourth-order valence-electron chi connectivity index (χ4n) is 10.2. The Balaban J connectivity index is 0.000000211. The number of nitrogens with two attached hydrogens (primary N) is 1. The molecule has 2 fully saturated rings. The molecule has 2 aliphatic heterocycles. The molecule has 0 bridgehead atoms. The predicted octanol–water partition coefficient (Wildman–Crippen LogP) is 8.68. The highest BCUT2D eigenvalue weighted by Crippen LogP contribution is 2.35. The summed E-state index contributed by atoms with van der Waals surface area (Å²) in [6, 6.07) is 7.26. The molecule has 0 aliphatic carbocycles. The van der Waals surface area contributed by atoms with Crippen molar-refractivity contribution in [3.8, 4) is 45.0 Å². The fourth-order valence-corrected chi connectivity index (χ4v) is 10.2. The number of aromatic amines is 2. The van der Waals surface area contributed by atoms with Crippen molar-refractivity contribution in [3.05, 3.63) is 83.1 Å². The highest BCUT2D eigenvalue weighted by Gasteiger charge is 2.38. The zero-order chi connectivity index (χ0) is 60.2. The number of anilines is 2. The average Bonchev–Trinajstić information content (AvgIpc) is 4.34. The van der Waals surface area contributed by atoms with Crippen LogP contribution in [0.5, 0.6) is 0 Å². The molecule has 2 saturated heterocycles. The van der Waals surface area contributed by atoms with Gasteiger partial charge in [-0.2, -0.15) is 0 Å². The van der Waals surface area contributed by atoms with E-state index in [9.17, 15) is 24.3 Å². The van der Waals surface area contributed by atoms with Gasteiger partial charge in [-0.05, 0) is 138 Å². The second-order valence-corrected chi connectivity index (χ2v) is 22.7. The first-order valence-corrected chi connectivity index (χ1v) is 27.3. The van der Waals surface area contributed by atoms with Gasteiger partial charge in [-0.1, -0.05) is 10.3 Å². The van der Waals surface area contributed by atoms with Crippen LogP contribution >= 0.6 is 0 Å². The third-order valence-corrected chi connectivity index (χ3v) is 13.9. The lowest BCUT2D eigenvalue weighted by molar-refractivity contribution is -0.143. The van der Waals surface area contributed by atoms with E-state index in [0.29, 0.717) is 48.4 Å². The predicted molar refractivity (Wildman–Crippen MR) is 312 cm³/mol. The molecule has 440 valence electrons.